The molecule has 0 spiro atoms. The number of hydrogen-bond donors (Lipinski definition) is 1. The lowest BCUT2D eigenvalue weighted by atomic mass is 10.1. The summed E-state index contributed by atoms with van der Waals surface area (Å²) in [7, 11) is 0. The molecule has 2 heterocycles. The zero-order valence-electron chi connectivity index (χ0n) is 9.70. The molecule has 2 unspecified atom stereocenters. The van der Waals surface area contributed by atoms with Gasteiger partial charge in [-0.3, -0.25) is 0 Å². The van der Waals surface area contributed by atoms with E-state index in [1.54, 1.807) is 11.3 Å². The number of fused-ring (bicyclic) bond motifs is 1. The minimum absolute atomic E-state index is 0.198. The van der Waals surface area contributed by atoms with Gasteiger partial charge in [-0.25, -0.2) is 4.98 Å². The Hall–Kier alpha value is -0.610. The molecule has 2 rings (SSSR count). The predicted molar refractivity (Wildman–Crippen MR) is 63.5 cm³/mol. The van der Waals surface area contributed by atoms with Gasteiger partial charge in [-0.15, -0.1) is 0 Å². The highest BCUT2D eigenvalue weighted by Gasteiger charge is 2.26. The molecule has 0 amide bonds. The van der Waals surface area contributed by atoms with E-state index in [2.05, 4.69) is 38.0 Å². The number of nitrogens with zero attached hydrogens (tertiary/aromatic N) is 1. The Labute approximate surface area is 94.9 Å². The largest absolute Gasteiger partial charge is 0.370 e. The first-order valence-electron chi connectivity index (χ1n) is 5.48. The molecule has 1 N–H and O–H groups in total. The second-order valence-electron chi connectivity index (χ2n) is 4.42. The monoisotopic (exact) mass is 226 g/mol. The molecular formula is C11H18N2OS. The van der Waals surface area contributed by atoms with Gasteiger partial charge in [0.15, 0.2) is 5.13 Å². The van der Waals surface area contributed by atoms with Crippen LogP contribution in [0.2, 0.25) is 0 Å². The van der Waals surface area contributed by atoms with Gasteiger partial charge in [-0.2, -0.15) is 0 Å². The van der Waals surface area contributed by atoms with Gasteiger partial charge >= 0.3 is 0 Å². The number of hydrogen-bond acceptors (Lipinski definition) is 4. The van der Waals surface area contributed by atoms with Crippen LogP contribution < -0.4 is 5.32 Å². The van der Waals surface area contributed by atoms with Crippen LogP contribution >= 0.6 is 11.3 Å². The third-order valence-corrected chi connectivity index (χ3v) is 3.62. The fourth-order valence-electron chi connectivity index (χ4n) is 1.87. The smallest absolute Gasteiger partial charge is 0.183 e. The van der Waals surface area contributed by atoms with Gasteiger partial charge in [0.2, 0.25) is 0 Å². The quantitative estimate of drug-likeness (QED) is 0.841. The Morgan fingerprint density at radius 3 is 2.87 bits per heavy atom. The van der Waals surface area contributed by atoms with E-state index in [1.165, 1.54) is 10.6 Å². The third kappa shape index (κ3) is 2.32. The van der Waals surface area contributed by atoms with Gasteiger partial charge in [-0.05, 0) is 27.7 Å². The molecule has 15 heavy (non-hydrogen) atoms. The molecule has 3 nitrogen and oxygen atoms in total. The van der Waals surface area contributed by atoms with Gasteiger partial charge in [0.1, 0.15) is 0 Å². The average Bonchev–Trinajstić information content (AvgIpc) is 2.45. The van der Waals surface area contributed by atoms with Crippen molar-refractivity contribution in [2.45, 2.75) is 52.4 Å². The summed E-state index contributed by atoms with van der Waals surface area (Å²) in [5.41, 5.74) is 1.22. The predicted octanol–water partition coefficient (Wildman–Crippen LogP) is 2.99. The minimum Gasteiger partial charge on any atom is -0.370 e. The molecule has 0 aromatic carbocycles. The van der Waals surface area contributed by atoms with Gasteiger partial charge in [0, 0.05) is 12.5 Å². The maximum absolute atomic E-state index is 5.77. The highest BCUT2D eigenvalue weighted by molar-refractivity contribution is 7.15. The Morgan fingerprint density at radius 1 is 1.47 bits per heavy atom. The van der Waals surface area contributed by atoms with Crippen molar-refractivity contribution in [1.82, 2.24) is 4.98 Å². The maximum Gasteiger partial charge on any atom is 0.183 e. The molecule has 1 aromatic heterocycles. The number of ether oxygens (including phenoxy) is 1. The van der Waals surface area contributed by atoms with E-state index < -0.39 is 0 Å². The van der Waals surface area contributed by atoms with E-state index in [0.29, 0.717) is 12.1 Å². The molecule has 4 heteroatoms. The summed E-state index contributed by atoms with van der Waals surface area (Å²) in [6.45, 7) is 8.46. The summed E-state index contributed by atoms with van der Waals surface area (Å²) >= 11 is 1.73. The summed E-state index contributed by atoms with van der Waals surface area (Å²) < 4.78 is 5.77. The lowest BCUT2D eigenvalue weighted by Crippen LogP contribution is -2.20. The van der Waals surface area contributed by atoms with Crippen LogP contribution in [0.5, 0.6) is 0 Å². The summed E-state index contributed by atoms with van der Waals surface area (Å²) in [6.07, 6.45) is 1.43. The molecule has 0 saturated heterocycles. The normalized spacial score (nSPS) is 25.4. The molecular weight excluding hydrogens is 208 g/mol. The van der Waals surface area contributed by atoms with Crippen LogP contribution in [0.1, 0.15) is 44.4 Å². The molecule has 0 bridgehead atoms. The van der Waals surface area contributed by atoms with Crippen molar-refractivity contribution in [3.8, 4) is 0 Å². The highest BCUT2D eigenvalue weighted by atomic mass is 32.1. The number of anilines is 1. The lowest BCUT2D eigenvalue weighted by Gasteiger charge is -2.23. The van der Waals surface area contributed by atoms with Crippen LogP contribution in [-0.4, -0.2) is 17.1 Å². The van der Waals surface area contributed by atoms with Gasteiger partial charge in [0.25, 0.3) is 0 Å². The number of thiazole rings is 1. The number of aromatic nitrogens is 1. The summed E-state index contributed by atoms with van der Waals surface area (Å²) in [5, 5.41) is 4.38. The summed E-state index contributed by atoms with van der Waals surface area (Å²) in [6, 6.07) is 0.436. The molecule has 2 atom stereocenters. The standard InChI is InChI=1S/C11H18N2OS/c1-6(2)12-11-13-9-5-7(3)14-8(4)10(9)15-11/h6-8H,5H2,1-4H3,(H,12,13). The van der Waals surface area contributed by atoms with Crippen molar-refractivity contribution < 1.29 is 4.74 Å². The first-order chi connectivity index (χ1) is 7.06. The van der Waals surface area contributed by atoms with Crippen LogP contribution in [0, 0.1) is 0 Å². The SMILES string of the molecule is CC(C)Nc1nc2c(s1)C(C)OC(C)C2. The average molecular weight is 226 g/mol. The molecule has 1 aromatic rings. The Balaban J connectivity index is 2.23. The van der Waals surface area contributed by atoms with Gasteiger partial charge in [0.05, 0.1) is 22.8 Å². The second-order valence-corrected chi connectivity index (χ2v) is 5.45. The van der Waals surface area contributed by atoms with Crippen LogP contribution in [0.15, 0.2) is 0 Å². The minimum atomic E-state index is 0.198. The first kappa shape index (κ1) is 10.9. The molecule has 0 radical (unpaired) electrons. The zero-order valence-corrected chi connectivity index (χ0v) is 10.5. The summed E-state index contributed by atoms with van der Waals surface area (Å²) in [4.78, 5) is 5.91. The summed E-state index contributed by atoms with van der Waals surface area (Å²) in [5.74, 6) is 0. The fourth-order valence-corrected chi connectivity index (χ4v) is 2.99. The molecule has 0 saturated carbocycles. The van der Waals surface area contributed by atoms with Gasteiger partial charge in [-0.1, -0.05) is 11.3 Å². The molecule has 0 fully saturated rings. The lowest BCUT2D eigenvalue weighted by molar-refractivity contribution is -0.00316. The van der Waals surface area contributed by atoms with Crippen molar-refractivity contribution >= 4 is 16.5 Å². The Kier molecular flexibility index (Phi) is 2.98. The number of nitrogens with one attached hydrogen (secondary N) is 1. The Morgan fingerprint density at radius 2 is 2.20 bits per heavy atom. The topological polar surface area (TPSA) is 34.2 Å². The Bertz CT molecular complexity index is 348. The van der Waals surface area contributed by atoms with E-state index in [9.17, 15) is 0 Å². The van der Waals surface area contributed by atoms with Crippen LogP contribution in [0.25, 0.3) is 0 Å². The van der Waals surface area contributed by atoms with E-state index >= 15 is 0 Å². The maximum atomic E-state index is 5.77. The van der Waals surface area contributed by atoms with E-state index in [0.717, 1.165) is 11.6 Å². The second kappa shape index (κ2) is 4.10. The van der Waals surface area contributed by atoms with Crippen LogP contribution in [0.3, 0.4) is 0 Å². The highest BCUT2D eigenvalue weighted by Crippen LogP contribution is 2.36. The van der Waals surface area contributed by atoms with Gasteiger partial charge < -0.3 is 10.1 Å². The first-order valence-corrected chi connectivity index (χ1v) is 6.29. The third-order valence-electron chi connectivity index (χ3n) is 2.43. The molecule has 0 aliphatic carbocycles. The van der Waals surface area contributed by atoms with E-state index in [4.69, 9.17) is 4.74 Å². The molecule has 1 aliphatic rings. The molecule has 1 aliphatic heterocycles. The van der Waals surface area contributed by atoms with Crippen molar-refractivity contribution in [3.05, 3.63) is 10.6 Å². The van der Waals surface area contributed by atoms with Crippen molar-refractivity contribution in [2.24, 2.45) is 0 Å². The van der Waals surface area contributed by atoms with Crippen molar-refractivity contribution in [3.63, 3.8) is 0 Å². The van der Waals surface area contributed by atoms with Crippen molar-refractivity contribution in [1.29, 1.82) is 0 Å². The van der Waals surface area contributed by atoms with E-state index in [-0.39, 0.29) is 6.10 Å². The van der Waals surface area contributed by atoms with Crippen LogP contribution in [-0.2, 0) is 11.2 Å². The zero-order chi connectivity index (χ0) is 11.0. The number of rotatable bonds is 2. The van der Waals surface area contributed by atoms with Crippen molar-refractivity contribution in [2.75, 3.05) is 5.32 Å². The fraction of sp³-hybridized carbons (Fsp3) is 0.727. The van der Waals surface area contributed by atoms with Crippen LogP contribution in [0.4, 0.5) is 5.13 Å². The van der Waals surface area contributed by atoms with E-state index in [1.807, 2.05) is 0 Å². The molecule has 84 valence electrons.